The lowest BCUT2D eigenvalue weighted by Gasteiger charge is -2.23. The lowest BCUT2D eigenvalue weighted by atomic mass is 10.2. The van der Waals surface area contributed by atoms with Gasteiger partial charge in [0.05, 0.1) is 23.3 Å². The van der Waals surface area contributed by atoms with Crippen LogP contribution in [0.25, 0.3) is 0 Å². The van der Waals surface area contributed by atoms with Crippen LogP contribution in [0.5, 0.6) is 0 Å². The Labute approximate surface area is 168 Å². The highest BCUT2D eigenvalue weighted by Gasteiger charge is 2.32. The number of hydrogen-bond donors (Lipinski definition) is 2. The number of carbonyl (C=O) groups is 2. The highest BCUT2D eigenvalue weighted by molar-refractivity contribution is 6.35. The minimum atomic E-state index is -0.359. The number of amides is 2. The molecular weight excluding hydrogens is 385 g/mol. The molecule has 2 N–H and O–H groups in total. The van der Waals surface area contributed by atoms with Crippen LogP contribution in [0, 0.1) is 0 Å². The molecule has 3 rings (SSSR count). The Bertz CT molecular complexity index is 814. The molecule has 0 aliphatic carbocycles. The van der Waals surface area contributed by atoms with Gasteiger partial charge in [0.2, 0.25) is 11.8 Å². The van der Waals surface area contributed by atoms with Gasteiger partial charge in [-0.15, -0.1) is 0 Å². The molecule has 1 aliphatic rings. The first-order valence-corrected chi connectivity index (χ1v) is 9.59. The monoisotopic (exact) mass is 405 g/mol. The number of rotatable bonds is 6. The second-order valence-electron chi connectivity index (χ2n) is 6.50. The summed E-state index contributed by atoms with van der Waals surface area (Å²) in [4.78, 5) is 26.8. The van der Waals surface area contributed by atoms with Crippen molar-refractivity contribution in [2.75, 3.05) is 18.4 Å². The predicted molar refractivity (Wildman–Crippen MR) is 108 cm³/mol. The maximum Gasteiger partial charge on any atom is 0.241 e. The summed E-state index contributed by atoms with van der Waals surface area (Å²) in [6.45, 7) is 1.37. The molecule has 0 bridgehead atoms. The smallest absolute Gasteiger partial charge is 0.241 e. The third-order valence-electron chi connectivity index (χ3n) is 4.53. The third-order valence-corrected chi connectivity index (χ3v) is 5.10. The molecule has 1 saturated heterocycles. The van der Waals surface area contributed by atoms with Gasteiger partial charge in [0.15, 0.2) is 0 Å². The quantitative estimate of drug-likeness (QED) is 0.769. The Hall–Kier alpha value is -2.08. The minimum Gasteiger partial charge on any atom is -0.351 e. The largest absolute Gasteiger partial charge is 0.351 e. The van der Waals surface area contributed by atoms with E-state index in [2.05, 4.69) is 10.6 Å². The number of halogens is 2. The molecule has 2 aromatic rings. The van der Waals surface area contributed by atoms with Gasteiger partial charge in [0, 0.05) is 11.6 Å². The van der Waals surface area contributed by atoms with Gasteiger partial charge >= 0.3 is 0 Å². The van der Waals surface area contributed by atoms with E-state index in [9.17, 15) is 9.59 Å². The van der Waals surface area contributed by atoms with Crippen LogP contribution in [0.3, 0.4) is 0 Å². The highest BCUT2D eigenvalue weighted by atomic mass is 35.5. The molecule has 0 aromatic heterocycles. The molecule has 0 radical (unpaired) electrons. The number of nitrogens with one attached hydrogen (secondary N) is 2. The van der Waals surface area contributed by atoms with Crippen molar-refractivity contribution in [3.8, 4) is 0 Å². The van der Waals surface area contributed by atoms with E-state index >= 15 is 0 Å². The Morgan fingerprint density at radius 1 is 1.11 bits per heavy atom. The van der Waals surface area contributed by atoms with Crippen molar-refractivity contribution in [1.29, 1.82) is 0 Å². The first-order chi connectivity index (χ1) is 13.0. The third kappa shape index (κ3) is 5.45. The molecule has 1 aliphatic heterocycles. The molecule has 1 atom stereocenters. The van der Waals surface area contributed by atoms with Crippen molar-refractivity contribution in [2.24, 2.45) is 0 Å². The van der Waals surface area contributed by atoms with Crippen molar-refractivity contribution in [3.05, 3.63) is 64.1 Å². The Balaban J connectivity index is 1.55. The van der Waals surface area contributed by atoms with E-state index in [-0.39, 0.29) is 24.4 Å². The van der Waals surface area contributed by atoms with Crippen LogP contribution in [0.4, 0.5) is 5.69 Å². The second-order valence-corrected chi connectivity index (χ2v) is 7.35. The first kappa shape index (κ1) is 19.7. The standard InChI is InChI=1S/C20H21Cl2N3O2/c21-15-8-9-16(22)17(11-15)24-20(27)18-7-4-10-25(18)13-19(26)23-12-14-5-2-1-3-6-14/h1-3,5-6,8-9,11,18H,4,7,10,12-13H2,(H,23,26)(H,24,27)/t18-/m1/s1. The van der Waals surface area contributed by atoms with Gasteiger partial charge in [-0.05, 0) is 43.1 Å². The average Bonchev–Trinajstić information content (AvgIpc) is 3.12. The van der Waals surface area contributed by atoms with Gasteiger partial charge in [0.1, 0.15) is 0 Å². The average molecular weight is 406 g/mol. The van der Waals surface area contributed by atoms with Gasteiger partial charge in [0.25, 0.3) is 0 Å². The molecule has 1 fully saturated rings. The minimum absolute atomic E-state index is 0.0978. The lowest BCUT2D eigenvalue weighted by Crippen LogP contribution is -2.44. The van der Waals surface area contributed by atoms with Gasteiger partial charge in [-0.25, -0.2) is 0 Å². The van der Waals surface area contributed by atoms with E-state index in [1.54, 1.807) is 18.2 Å². The van der Waals surface area contributed by atoms with E-state index in [1.165, 1.54) is 0 Å². The number of anilines is 1. The van der Waals surface area contributed by atoms with Crippen molar-refractivity contribution in [2.45, 2.75) is 25.4 Å². The molecule has 1 heterocycles. The highest BCUT2D eigenvalue weighted by Crippen LogP contribution is 2.27. The van der Waals surface area contributed by atoms with Crippen LogP contribution in [-0.2, 0) is 16.1 Å². The molecule has 2 amide bonds. The molecule has 0 unspecified atom stereocenters. The van der Waals surface area contributed by atoms with Crippen LogP contribution in [0.2, 0.25) is 10.0 Å². The van der Waals surface area contributed by atoms with Gasteiger partial charge < -0.3 is 10.6 Å². The van der Waals surface area contributed by atoms with Crippen LogP contribution < -0.4 is 10.6 Å². The van der Waals surface area contributed by atoms with E-state index in [4.69, 9.17) is 23.2 Å². The summed E-state index contributed by atoms with van der Waals surface area (Å²) in [5, 5.41) is 6.65. The predicted octanol–water partition coefficient (Wildman–Crippen LogP) is 3.71. The van der Waals surface area contributed by atoms with Crippen molar-refractivity contribution >= 4 is 40.7 Å². The zero-order valence-corrected chi connectivity index (χ0v) is 16.3. The van der Waals surface area contributed by atoms with Gasteiger partial charge in [-0.2, -0.15) is 0 Å². The van der Waals surface area contributed by atoms with Crippen molar-refractivity contribution < 1.29 is 9.59 Å². The van der Waals surface area contributed by atoms with Gasteiger partial charge in [-0.1, -0.05) is 53.5 Å². The summed E-state index contributed by atoms with van der Waals surface area (Å²) in [6, 6.07) is 14.3. The fourth-order valence-corrected chi connectivity index (χ4v) is 3.50. The summed E-state index contributed by atoms with van der Waals surface area (Å²) in [6.07, 6.45) is 1.57. The maximum atomic E-state index is 12.7. The van der Waals surface area contributed by atoms with Crippen molar-refractivity contribution in [3.63, 3.8) is 0 Å². The van der Waals surface area contributed by atoms with E-state index in [1.807, 2.05) is 35.2 Å². The van der Waals surface area contributed by atoms with E-state index < -0.39 is 0 Å². The summed E-state index contributed by atoms with van der Waals surface area (Å²) in [5.41, 5.74) is 1.52. The summed E-state index contributed by atoms with van der Waals surface area (Å²) >= 11 is 12.1. The molecule has 142 valence electrons. The number of benzene rings is 2. The normalized spacial score (nSPS) is 16.9. The molecule has 0 spiro atoms. The van der Waals surface area contributed by atoms with Crippen molar-refractivity contribution in [1.82, 2.24) is 10.2 Å². The SMILES string of the molecule is O=C(CN1CCC[C@@H]1C(=O)Nc1cc(Cl)ccc1Cl)NCc1ccccc1. The fourth-order valence-electron chi connectivity index (χ4n) is 3.16. The van der Waals surface area contributed by atoms with Crippen LogP contribution in [0.15, 0.2) is 48.5 Å². The van der Waals surface area contributed by atoms with Crippen LogP contribution in [-0.4, -0.2) is 35.8 Å². The maximum absolute atomic E-state index is 12.7. The van der Waals surface area contributed by atoms with E-state index in [0.717, 1.165) is 12.0 Å². The zero-order valence-electron chi connectivity index (χ0n) is 14.8. The molecule has 0 saturated carbocycles. The summed E-state index contributed by atoms with van der Waals surface area (Å²) < 4.78 is 0. The molecule has 7 heteroatoms. The summed E-state index contributed by atoms with van der Waals surface area (Å²) in [5.74, 6) is -0.271. The number of carbonyl (C=O) groups excluding carboxylic acids is 2. The molecule has 5 nitrogen and oxygen atoms in total. The van der Waals surface area contributed by atoms with Crippen LogP contribution >= 0.6 is 23.2 Å². The van der Waals surface area contributed by atoms with Crippen LogP contribution in [0.1, 0.15) is 18.4 Å². The Morgan fingerprint density at radius 3 is 2.67 bits per heavy atom. The Kier molecular flexibility index (Phi) is 6.72. The molecular formula is C20H21Cl2N3O2. The lowest BCUT2D eigenvalue weighted by molar-refractivity contribution is -0.125. The fraction of sp³-hybridized carbons (Fsp3) is 0.300. The molecule has 27 heavy (non-hydrogen) atoms. The molecule has 2 aromatic carbocycles. The topological polar surface area (TPSA) is 61.4 Å². The number of hydrogen-bond acceptors (Lipinski definition) is 3. The van der Waals surface area contributed by atoms with E-state index in [0.29, 0.717) is 35.2 Å². The first-order valence-electron chi connectivity index (χ1n) is 8.83. The number of likely N-dealkylation sites (tertiary alicyclic amines) is 1. The zero-order chi connectivity index (χ0) is 19.2. The summed E-state index contributed by atoms with van der Waals surface area (Å²) in [7, 11) is 0. The number of nitrogens with zero attached hydrogens (tertiary/aromatic N) is 1. The van der Waals surface area contributed by atoms with Gasteiger partial charge in [-0.3, -0.25) is 14.5 Å². The Morgan fingerprint density at radius 2 is 1.89 bits per heavy atom. The second kappa shape index (κ2) is 9.22.